The highest BCUT2D eigenvalue weighted by Crippen LogP contribution is 2.25. The van der Waals surface area contributed by atoms with Crippen molar-refractivity contribution in [2.75, 3.05) is 7.11 Å². The van der Waals surface area contributed by atoms with Crippen LogP contribution in [0.1, 0.15) is 26.3 Å². The summed E-state index contributed by atoms with van der Waals surface area (Å²) in [6, 6.07) is 3.83. The van der Waals surface area contributed by atoms with Crippen LogP contribution in [0.3, 0.4) is 0 Å². The van der Waals surface area contributed by atoms with Crippen molar-refractivity contribution >= 4 is 35.4 Å². The number of methoxy groups -OCH3 is 1. The predicted molar refractivity (Wildman–Crippen MR) is 87.5 cm³/mol. The number of halogens is 1. The number of alkyl carbamates (subject to hydrolysis) is 1. The molecule has 0 bridgehead atoms. The largest absolute Gasteiger partial charge is 0.464 e. The van der Waals surface area contributed by atoms with Gasteiger partial charge in [-0.3, -0.25) is 15.4 Å². The Balaban J connectivity index is 3.24. The summed E-state index contributed by atoms with van der Waals surface area (Å²) in [7, 11) is 1.11. The number of esters is 1. The zero-order valence-electron chi connectivity index (χ0n) is 13.6. The maximum atomic E-state index is 11.8. The molecule has 0 spiro atoms. The normalized spacial score (nSPS) is 11.6. The molecule has 0 aromatic heterocycles. The number of hydrogen-bond acceptors (Lipinski definition) is 6. The lowest BCUT2D eigenvalue weighted by Crippen LogP contribution is -2.34. The molecule has 0 heterocycles. The van der Waals surface area contributed by atoms with Gasteiger partial charge in [-0.05, 0) is 39.0 Å². The minimum atomic E-state index is -0.899. The van der Waals surface area contributed by atoms with Crippen LogP contribution >= 0.6 is 11.6 Å². The monoisotopic (exact) mass is 356 g/mol. The fourth-order valence-corrected chi connectivity index (χ4v) is 1.81. The van der Waals surface area contributed by atoms with Crippen molar-refractivity contribution in [3.8, 4) is 0 Å². The molecule has 0 atom stereocenters. The molecular weight excluding hydrogens is 340 g/mol. The number of carbonyl (C=O) groups excluding carboxylic acids is 2. The van der Waals surface area contributed by atoms with E-state index in [2.05, 4.69) is 10.1 Å². The average Bonchev–Trinajstić information content (AvgIpc) is 2.43. The van der Waals surface area contributed by atoms with E-state index in [1.165, 1.54) is 18.2 Å². The molecule has 1 rings (SSSR count). The van der Waals surface area contributed by atoms with E-state index in [9.17, 15) is 19.7 Å². The predicted octanol–water partition coefficient (Wildman–Crippen LogP) is 3.29. The molecule has 0 saturated heterocycles. The first kappa shape index (κ1) is 19.4. The fourth-order valence-electron chi connectivity index (χ4n) is 1.63. The molecule has 1 aromatic rings. The molecule has 1 N–H and O–H groups in total. The number of nitro benzene ring substituents is 1. The van der Waals surface area contributed by atoms with Gasteiger partial charge in [0.1, 0.15) is 11.3 Å². The number of nitro groups is 1. The lowest BCUT2D eigenvalue weighted by Gasteiger charge is -2.20. The van der Waals surface area contributed by atoms with Crippen LogP contribution in [0.15, 0.2) is 23.9 Å². The third-order valence-electron chi connectivity index (χ3n) is 2.53. The Hall–Kier alpha value is -2.61. The maximum absolute atomic E-state index is 11.8. The Bertz CT molecular complexity index is 694. The minimum absolute atomic E-state index is 0.0314. The summed E-state index contributed by atoms with van der Waals surface area (Å²) in [5.41, 5.74) is -1.36. The molecule has 9 heteroatoms. The quantitative estimate of drug-likeness (QED) is 0.384. The second kappa shape index (κ2) is 7.78. The van der Waals surface area contributed by atoms with Gasteiger partial charge in [0, 0.05) is 11.1 Å². The van der Waals surface area contributed by atoms with Crippen LogP contribution in [0.5, 0.6) is 0 Å². The van der Waals surface area contributed by atoms with Crippen molar-refractivity contribution in [2.45, 2.75) is 26.4 Å². The van der Waals surface area contributed by atoms with Gasteiger partial charge >= 0.3 is 12.1 Å². The molecule has 1 aromatic carbocycles. The first-order chi connectivity index (χ1) is 11.0. The van der Waals surface area contributed by atoms with Crippen molar-refractivity contribution in [1.29, 1.82) is 0 Å². The molecule has 0 aliphatic carbocycles. The van der Waals surface area contributed by atoms with Gasteiger partial charge in [0.25, 0.3) is 5.69 Å². The number of nitrogens with zero attached hydrogens (tertiary/aromatic N) is 1. The smallest absolute Gasteiger partial charge is 0.412 e. The molecule has 130 valence electrons. The van der Waals surface area contributed by atoms with Crippen LogP contribution in [0, 0.1) is 10.1 Å². The molecule has 0 radical (unpaired) electrons. The molecule has 0 saturated carbocycles. The van der Waals surface area contributed by atoms with Crippen LogP contribution in [-0.4, -0.2) is 29.7 Å². The van der Waals surface area contributed by atoms with E-state index in [4.69, 9.17) is 16.3 Å². The van der Waals surface area contributed by atoms with Gasteiger partial charge in [-0.2, -0.15) is 0 Å². The van der Waals surface area contributed by atoms with E-state index >= 15 is 0 Å². The topological polar surface area (TPSA) is 108 Å². The zero-order chi connectivity index (χ0) is 18.5. The van der Waals surface area contributed by atoms with Crippen LogP contribution in [0.4, 0.5) is 10.5 Å². The van der Waals surface area contributed by atoms with Crippen molar-refractivity contribution in [3.63, 3.8) is 0 Å². The SMILES string of the molecule is COC(=O)/C(=C\c1cc(Cl)ccc1[N+](=O)[O-])NC(=O)OC(C)(C)C. The second-order valence-corrected chi connectivity index (χ2v) is 6.07. The van der Waals surface area contributed by atoms with E-state index in [1.807, 2.05) is 0 Å². The summed E-state index contributed by atoms with van der Waals surface area (Å²) in [6.45, 7) is 4.95. The van der Waals surface area contributed by atoms with Crippen LogP contribution in [0.2, 0.25) is 5.02 Å². The highest BCUT2D eigenvalue weighted by molar-refractivity contribution is 6.30. The Morgan fingerprint density at radius 3 is 2.46 bits per heavy atom. The number of amides is 1. The molecule has 0 unspecified atom stereocenters. The highest BCUT2D eigenvalue weighted by atomic mass is 35.5. The Morgan fingerprint density at radius 2 is 1.96 bits per heavy atom. The fraction of sp³-hybridized carbons (Fsp3) is 0.333. The number of nitrogens with one attached hydrogen (secondary N) is 1. The summed E-state index contributed by atoms with van der Waals surface area (Å²) in [5, 5.41) is 13.5. The van der Waals surface area contributed by atoms with Gasteiger partial charge in [-0.15, -0.1) is 0 Å². The molecule has 1 amide bonds. The number of hydrogen-bond donors (Lipinski definition) is 1. The van der Waals surface area contributed by atoms with Crippen LogP contribution in [-0.2, 0) is 14.3 Å². The van der Waals surface area contributed by atoms with E-state index < -0.39 is 22.6 Å². The van der Waals surface area contributed by atoms with E-state index in [-0.39, 0.29) is 22.0 Å². The third kappa shape index (κ3) is 5.88. The van der Waals surface area contributed by atoms with Gasteiger partial charge in [0.05, 0.1) is 17.6 Å². The maximum Gasteiger partial charge on any atom is 0.412 e. The molecule has 8 nitrogen and oxygen atoms in total. The molecule has 0 aliphatic heterocycles. The highest BCUT2D eigenvalue weighted by Gasteiger charge is 2.21. The summed E-state index contributed by atoms with van der Waals surface area (Å²) >= 11 is 5.83. The van der Waals surface area contributed by atoms with Crippen molar-refractivity contribution in [3.05, 3.63) is 44.6 Å². The summed E-state index contributed by atoms with van der Waals surface area (Å²) in [4.78, 5) is 34.1. The average molecular weight is 357 g/mol. The van der Waals surface area contributed by atoms with E-state index in [1.54, 1.807) is 20.8 Å². The minimum Gasteiger partial charge on any atom is -0.464 e. The first-order valence-corrected chi connectivity index (χ1v) is 7.15. The van der Waals surface area contributed by atoms with Crippen molar-refractivity contribution < 1.29 is 24.0 Å². The molecule has 0 aliphatic rings. The molecule has 0 fully saturated rings. The summed E-state index contributed by atoms with van der Waals surface area (Å²) in [5.74, 6) is -0.893. The van der Waals surface area contributed by atoms with Crippen LogP contribution < -0.4 is 5.32 Å². The van der Waals surface area contributed by atoms with Gasteiger partial charge < -0.3 is 9.47 Å². The lowest BCUT2D eigenvalue weighted by atomic mass is 10.1. The standard InChI is InChI=1S/C15H17ClN2O6/c1-15(2,3)24-14(20)17-11(13(19)23-4)8-9-7-10(16)5-6-12(9)18(21)22/h5-8H,1-4H3,(H,17,20)/b11-8+. The van der Waals surface area contributed by atoms with Gasteiger partial charge in [-0.25, -0.2) is 9.59 Å². The number of ether oxygens (including phenoxy) is 2. The first-order valence-electron chi connectivity index (χ1n) is 6.77. The van der Waals surface area contributed by atoms with Gasteiger partial charge in [0.15, 0.2) is 0 Å². The van der Waals surface area contributed by atoms with Crippen LogP contribution in [0.25, 0.3) is 6.08 Å². The Morgan fingerprint density at radius 1 is 1.33 bits per heavy atom. The molecule has 24 heavy (non-hydrogen) atoms. The lowest BCUT2D eigenvalue weighted by molar-refractivity contribution is -0.385. The zero-order valence-corrected chi connectivity index (χ0v) is 14.3. The van der Waals surface area contributed by atoms with Gasteiger partial charge in [-0.1, -0.05) is 11.6 Å². The second-order valence-electron chi connectivity index (χ2n) is 5.64. The van der Waals surface area contributed by atoms with E-state index in [0.717, 1.165) is 13.2 Å². The summed E-state index contributed by atoms with van der Waals surface area (Å²) < 4.78 is 9.61. The third-order valence-corrected chi connectivity index (χ3v) is 2.76. The Kier molecular flexibility index (Phi) is 6.30. The van der Waals surface area contributed by atoms with Gasteiger partial charge in [0.2, 0.25) is 0 Å². The van der Waals surface area contributed by atoms with E-state index in [0.29, 0.717) is 0 Å². The molecular formula is C15H17ClN2O6. The van der Waals surface area contributed by atoms with Crippen molar-refractivity contribution in [1.82, 2.24) is 5.32 Å². The summed E-state index contributed by atoms with van der Waals surface area (Å²) in [6.07, 6.45) is 0.198. The number of rotatable bonds is 4. The number of carbonyl (C=O) groups is 2. The Labute approximate surface area is 143 Å². The number of benzene rings is 1. The van der Waals surface area contributed by atoms with Crippen molar-refractivity contribution in [2.24, 2.45) is 0 Å².